The minimum absolute atomic E-state index is 0.0546. The molecule has 8 nitrogen and oxygen atoms in total. The number of hydrogen-bond acceptors (Lipinski definition) is 7. The van der Waals surface area contributed by atoms with Crippen LogP contribution in [0, 0.1) is 0 Å². The zero-order chi connectivity index (χ0) is 13.8. The van der Waals surface area contributed by atoms with Crippen LogP contribution >= 0.6 is 11.8 Å². The molecule has 2 aromatic rings. The van der Waals surface area contributed by atoms with Gasteiger partial charge in [-0.25, -0.2) is 9.67 Å². The van der Waals surface area contributed by atoms with Crippen molar-refractivity contribution in [2.75, 3.05) is 19.5 Å². The number of carbonyl (C=O) groups excluding carboxylic acids is 1. The number of thioether (sulfide) groups is 1. The lowest BCUT2D eigenvalue weighted by atomic mass is 10.4. The summed E-state index contributed by atoms with van der Waals surface area (Å²) in [5, 5.41) is 13.5. The molecule has 102 valence electrons. The molecule has 0 bridgehead atoms. The van der Waals surface area contributed by atoms with Crippen LogP contribution in [0.3, 0.4) is 0 Å². The van der Waals surface area contributed by atoms with Gasteiger partial charge in [-0.2, -0.15) is 5.10 Å². The van der Waals surface area contributed by atoms with Crippen LogP contribution in [0.5, 0.6) is 0 Å². The molecule has 0 aliphatic heterocycles. The van der Waals surface area contributed by atoms with Gasteiger partial charge < -0.3 is 14.8 Å². The van der Waals surface area contributed by atoms with Crippen LogP contribution in [0.25, 0.3) is 11.0 Å². The summed E-state index contributed by atoms with van der Waals surface area (Å²) in [4.78, 5) is 29.6. The summed E-state index contributed by atoms with van der Waals surface area (Å²) < 4.78 is 5.94. The summed E-state index contributed by atoms with van der Waals surface area (Å²) in [6.45, 7) is 0.150. The average Bonchev–Trinajstić information content (AvgIpc) is 2.80. The Balaban J connectivity index is 2.33. The van der Waals surface area contributed by atoms with E-state index in [1.165, 1.54) is 18.0 Å². The van der Waals surface area contributed by atoms with Crippen LogP contribution in [0.4, 0.5) is 0 Å². The Morgan fingerprint density at radius 1 is 1.63 bits per heavy atom. The van der Waals surface area contributed by atoms with Gasteiger partial charge in [0.2, 0.25) is 0 Å². The van der Waals surface area contributed by atoms with Gasteiger partial charge in [0.25, 0.3) is 5.56 Å². The highest BCUT2D eigenvalue weighted by Gasteiger charge is 2.11. The van der Waals surface area contributed by atoms with Crippen molar-refractivity contribution in [1.29, 1.82) is 0 Å². The lowest BCUT2D eigenvalue weighted by Crippen LogP contribution is -2.12. The molecule has 2 heterocycles. The lowest BCUT2D eigenvalue weighted by Gasteiger charge is -2.02. The smallest absolute Gasteiger partial charge is 0.316 e. The van der Waals surface area contributed by atoms with Crippen LogP contribution in [0.2, 0.25) is 0 Å². The van der Waals surface area contributed by atoms with Crippen molar-refractivity contribution in [2.24, 2.45) is 0 Å². The predicted octanol–water partition coefficient (Wildman–Crippen LogP) is -0.623. The molecule has 0 amide bonds. The molecule has 0 atom stereocenters. The van der Waals surface area contributed by atoms with E-state index in [0.717, 1.165) is 11.8 Å². The highest BCUT2D eigenvalue weighted by Crippen LogP contribution is 2.14. The molecule has 0 saturated carbocycles. The monoisotopic (exact) mass is 284 g/mol. The summed E-state index contributed by atoms with van der Waals surface area (Å²) in [5.41, 5.74) is 0.0479. The van der Waals surface area contributed by atoms with Crippen LogP contribution in [-0.4, -0.2) is 50.3 Å². The van der Waals surface area contributed by atoms with Crippen LogP contribution < -0.4 is 5.56 Å². The van der Waals surface area contributed by atoms with Crippen molar-refractivity contribution in [3.05, 3.63) is 16.6 Å². The van der Waals surface area contributed by atoms with Gasteiger partial charge in [0.05, 0.1) is 32.2 Å². The van der Waals surface area contributed by atoms with Crippen LogP contribution in [0.15, 0.2) is 16.1 Å². The number of aromatic nitrogens is 4. The third-order valence-corrected chi connectivity index (χ3v) is 3.20. The fourth-order valence-electron chi connectivity index (χ4n) is 1.46. The quantitative estimate of drug-likeness (QED) is 0.427. The SMILES string of the molecule is COC(=O)CSc1nc2c(cnn2CCO)c(=O)[nH]1. The molecule has 9 heteroatoms. The van der Waals surface area contributed by atoms with Gasteiger partial charge in [0.1, 0.15) is 5.39 Å². The molecule has 0 radical (unpaired) electrons. The van der Waals surface area contributed by atoms with E-state index in [9.17, 15) is 9.59 Å². The fraction of sp³-hybridized carbons (Fsp3) is 0.400. The van der Waals surface area contributed by atoms with Crippen molar-refractivity contribution in [2.45, 2.75) is 11.7 Å². The fourth-order valence-corrected chi connectivity index (χ4v) is 2.15. The maximum atomic E-state index is 11.8. The molecule has 2 rings (SSSR count). The first-order chi connectivity index (χ1) is 9.15. The summed E-state index contributed by atoms with van der Waals surface area (Å²) in [6, 6.07) is 0. The number of methoxy groups -OCH3 is 1. The maximum Gasteiger partial charge on any atom is 0.316 e. The summed E-state index contributed by atoms with van der Waals surface area (Å²) >= 11 is 1.07. The van der Waals surface area contributed by atoms with E-state index in [2.05, 4.69) is 19.8 Å². The van der Waals surface area contributed by atoms with Crippen LogP contribution in [-0.2, 0) is 16.1 Å². The van der Waals surface area contributed by atoms with Gasteiger partial charge in [0, 0.05) is 0 Å². The zero-order valence-corrected chi connectivity index (χ0v) is 10.9. The van der Waals surface area contributed by atoms with Gasteiger partial charge in [0.15, 0.2) is 10.8 Å². The van der Waals surface area contributed by atoms with E-state index < -0.39 is 5.97 Å². The number of hydrogen-bond donors (Lipinski definition) is 2. The van der Waals surface area contributed by atoms with E-state index >= 15 is 0 Å². The molecule has 0 spiro atoms. The predicted molar refractivity (Wildman–Crippen MR) is 68.0 cm³/mol. The highest BCUT2D eigenvalue weighted by molar-refractivity contribution is 7.99. The van der Waals surface area contributed by atoms with Gasteiger partial charge in [-0.3, -0.25) is 9.59 Å². The van der Waals surface area contributed by atoms with E-state index in [1.807, 2.05) is 0 Å². The maximum absolute atomic E-state index is 11.8. The number of ether oxygens (including phenoxy) is 1. The van der Waals surface area contributed by atoms with Crippen molar-refractivity contribution >= 4 is 28.8 Å². The second-order valence-corrected chi connectivity index (χ2v) is 4.53. The number of aromatic amines is 1. The molecule has 0 aliphatic carbocycles. The molecule has 0 fully saturated rings. The van der Waals surface area contributed by atoms with E-state index in [-0.39, 0.29) is 24.5 Å². The first-order valence-corrected chi connectivity index (χ1v) is 6.40. The Hall–Kier alpha value is -1.87. The average molecular weight is 284 g/mol. The molecule has 19 heavy (non-hydrogen) atoms. The highest BCUT2D eigenvalue weighted by atomic mass is 32.2. The Bertz CT molecular complexity index is 651. The molecule has 0 aromatic carbocycles. The number of nitrogens with one attached hydrogen (secondary N) is 1. The van der Waals surface area contributed by atoms with Gasteiger partial charge in [-0.15, -0.1) is 0 Å². The van der Waals surface area contributed by atoms with Gasteiger partial charge in [-0.1, -0.05) is 11.8 Å². The normalized spacial score (nSPS) is 10.8. The number of aliphatic hydroxyl groups excluding tert-OH is 1. The molecular weight excluding hydrogens is 272 g/mol. The largest absolute Gasteiger partial charge is 0.468 e. The first kappa shape index (κ1) is 13.6. The summed E-state index contributed by atoms with van der Waals surface area (Å²) in [5.74, 6) is -0.351. The third-order valence-electron chi connectivity index (χ3n) is 2.35. The van der Waals surface area contributed by atoms with Crippen molar-refractivity contribution in [3.63, 3.8) is 0 Å². The topological polar surface area (TPSA) is 110 Å². The van der Waals surface area contributed by atoms with E-state index in [4.69, 9.17) is 5.11 Å². The Kier molecular flexibility index (Phi) is 4.17. The number of esters is 1. The van der Waals surface area contributed by atoms with E-state index in [0.29, 0.717) is 16.2 Å². The molecule has 2 N–H and O–H groups in total. The Morgan fingerprint density at radius 3 is 3.11 bits per heavy atom. The first-order valence-electron chi connectivity index (χ1n) is 5.42. The minimum Gasteiger partial charge on any atom is -0.468 e. The van der Waals surface area contributed by atoms with Gasteiger partial charge in [-0.05, 0) is 0 Å². The molecule has 2 aromatic heterocycles. The lowest BCUT2D eigenvalue weighted by molar-refractivity contribution is -0.137. The van der Waals surface area contributed by atoms with Crippen molar-refractivity contribution in [3.8, 4) is 0 Å². The number of nitrogens with zero attached hydrogens (tertiary/aromatic N) is 3. The second kappa shape index (κ2) is 5.85. The number of aliphatic hydroxyl groups is 1. The Labute approximate surface area is 111 Å². The zero-order valence-electron chi connectivity index (χ0n) is 10.1. The minimum atomic E-state index is -0.406. The third kappa shape index (κ3) is 2.93. The summed E-state index contributed by atoms with van der Waals surface area (Å²) in [6.07, 6.45) is 1.39. The molecule has 0 unspecified atom stereocenters. The number of carbonyl (C=O) groups is 1. The standard InChI is InChI=1S/C10H12N4O4S/c1-18-7(16)5-19-10-12-8-6(9(17)13-10)4-11-14(8)2-3-15/h4,15H,2-3,5H2,1H3,(H,12,13,17). The molecular formula is C10H12N4O4S. The van der Waals surface area contributed by atoms with E-state index in [1.54, 1.807) is 0 Å². The molecule has 0 aliphatic rings. The summed E-state index contributed by atoms with van der Waals surface area (Å²) in [7, 11) is 1.29. The number of fused-ring (bicyclic) bond motifs is 1. The number of rotatable bonds is 5. The molecule has 0 saturated heterocycles. The van der Waals surface area contributed by atoms with Crippen LogP contribution in [0.1, 0.15) is 0 Å². The van der Waals surface area contributed by atoms with Crippen molar-refractivity contribution < 1.29 is 14.6 Å². The Morgan fingerprint density at radius 2 is 2.42 bits per heavy atom. The number of H-pyrrole nitrogens is 1. The second-order valence-electron chi connectivity index (χ2n) is 3.56. The van der Waals surface area contributed by atoms with Gasteiger partial charge >= 0.3 is 5.97 Å². The van der Waals surface area contributed by atoms with Crippen molar-refractivity contribution in [1.82, 2.24) is 19.7 Å².